The molecular formula is C8H22O3Si3. The second-order valence-corrected chi connectivity index (χ2v) is 8.79. The van der Waals surface area contributed by atoms with Gasteiger partial charge in [-0.25, -0.2) is 0 Å². The Morgan fingerprint density at radius 2 is 1.64 bits per heavy atom. The summed E-state index contributed by atoms with van der Waals surface area (Å²) >= 11 is 0. The Kier molecular flexibility index (Phi) is 6.83. The minimum Gasteiger partial charge on any atom is -0.381 e. The SMILES string of the molecule is C=CCC(O[SiH3])(O[SiH](C)C)O[SiH](C)C. The Balaban J connectivity index is 4.49. The lowest BCUT2D eigenvalue weighted by molar-refractivity contribution is -0.254. The van der Waals surface area contributed by atoms with E-state index in [-0.39, 0.29) is 0 Å². The van der Waals surface area contributed by atoms with Crippen LogP contribution in [0.25, 0.3) is 0 Å². The quantitative estimate of drug-likeness (QED) is 0.374. The summed E-state index contributed by atoms with van der Waals surface area (Å²) < 4.78 is 17.2. The lowest BCUT2D eigenvalue weighted by Crippen LogP contribution is -2.44. The predicted octanol–water partition coefficient (Wildman–Crippen LogP) is 0.513. The molecule has 0 atom stereocenters. The average Bonchev–Trinajstić information content (AvgIpc) is 2.02. The van der Waals surface area contributed by atoms with Crippen molar-refractivity contribution < 1.29 is 13.3 Å². The van der Waals surface area contributed by atoms with Crippen molar-refractivity contribution in [3.8, 4) is 0 Å². The third kappa shape index (κ3) is 5.23. The van der Waals surface area contributed by atoms with Crippen molar-refractivity contribution in [3.05, 3.63) is 12.7 Å². The van der Waals surface area contributed by atoms with Crippen LogP contribution in [0.3, 0.4) is 0 Å². The monoisotopic (exact) mass is 250 g/mol. The molecule has 0 aromatic carbocycles. The standard InChI is InChI=1S/C8H22O3Si3/c1-6-7-8(9-12,10-13(2)3)11-14(4)5/h6,13-14H,1,7H2,2-5,12H3. The summed E-state index contributed by atoms with van der Waals surface area (Å²) in [5, 5.41) is 0. The van der Waals surface area contributed by atoms with Gasteiger partial charge in [0.2, 0.25) is 0 Å². The average molecular weight is 251 g/mol. The summed E-state index contributed by atoms with van der Waals surface area (Å²) in [6, 6.07) is 0. The summed E-state index contributed by atoms with van der Waals surface area (Å²) in [5.41, 5.74) is 0. The van der Waals surface area contributed by atoms with Crippen molar-refractivity contribution in [2.45, 2.75) is 38.6 Å². The summed E-state index contributed by atoms with van der Waals surface area (Å²) in [4.78, 5) is 0. The second-order valence-electron chi connectivity index (χ2n) is 3.71. The molecule has 0 unspecified atom stereocenters. The molecule has 0 saturated carbocycles. The molecule has 0 amide bonds. The van der Waals surface area contributed by atoms with E-state index in [9.17, 15) is 0 Å². The van der Waals surface area contributed by atoms with E-state index >= 15 is 0 Å². The molecule has 0 aliphatic carbocycles. The lowest BCUT2D eigenvalue weighted by Gasteiger charge is -2.35. The maximum absolute atomic E-state index is 5.83. The highest BCUT2D eigenvalue weighted by molar-refractivity contribution is 6.49. The van der Waals surface area contributed by atoms with Gasteiger partial charge in [-0.3, -0.25) is 0 Å². The van der Waals surface area contributed by atoms with Crippen LogP contribution in [0.1, 0.15) is 6.42 Å². The van der Waals surface area contributed by atoms with E-state index in [0.29, 0.717) is 16.9 Å². The zero-order chi connectivity index (χ0) is 11.2. The van der Waals surface area contributed by atoms with Gasteiger partial charge < -0.3 is 13.3 Å². The first kappa shape index (κ1) is 14.3. The minimum absolute atomic E-state index is 0.618. The molecule has 3 nitrogen and oxygen atoms in total. The van der Waals surface area contributed by atoms with Crippen LogP contribution in [0.2, 0.25) is 26.2 Å². The van der Waals surface area contributed by atoms with Crippen molar-refractivity contribution >= 4 is 28.6 Å². The van der Waals surface area contributed by atoms with Gasteiger partial charge in [-0.15, -0.1) is 6.58 Å². The van der Waals surface area contributed by atoms with Gasteiger partial charge in [0, 0.05) is 6.42 Å². The van der Waals surface area contributed by atoms with Gasteiger partial charge in [0.25, 0.3) is 5.97 Å². The third-order valence-corrected chi connectivity index (χ3v) is 3.82. The minimum atomic E-state index is -1.16. The van der Waals surface area contributed by atoms with Crippen molar-refractivity contribution in [1.29, 1.82) is 0 Å². The van der Waals surface area contributed by atoms with Gasteiger partial charge in [-0.05, 0) is 26.2 Å². The first-order chi connectivity index (χ1) is 6.45. The lowest BCUT2D eigenvalue weighted by atomic mass is 10.4. The van der Waals surface area contributed by atoms with Crippen LogP contribution in [0.15, 0.2) is 12.7 Å². The third-order valence-electron chi connectivity index (χ3n) is 1.54. The van der Waals surface area contributed by atoms with Gasteiger partial charge in [-0.1, -0.05) is 6.08 Å². The second kappa shape index (κ2) is 6.70. The largest absolute Gasteiger partial charge is 0.381 e. The fraction of sp³-hybridized carbons (Fsp3) is 0.750. The van der Waals surface area contributed by atoms with E-state index in [4.69, 9.17) is 13.3 Å². The van der Waals surface area contributed by atoms with Gasteiger partial charge in [-0.2, -0.15) is 0 Å². The van der Waals surface area contributed by atoms with Crippen molar-refractivity contribution in [2.75, 3.05) is 0 Å². The first-order valence-corrected chi connectivity index (χ1v) is 11.3. The van der Waals surface area contributed by atoms with E-state index < -0.39 is 24.1 Å². The molecular weight excluding hydrogens is 228 g/mol. The van der Waals surface area contributed by atoms with Crippen LogP contribution >= 0.6 is 0 Å². The predicted molar refractivity (Wildman–Crippen MR) is 68.5 cm³/mol. The molecule has 0 saturated heterocycles. The normalized spacial score (nSPS) is 12.7. The highest BCUT2D eigenvalue weighted by Gasteiger charge is 2.32. The van der Waals surface area contributed by atoms with E-state index in [0.717, 1.165) is 0 Å². The van der Waals surface area contributed by atoms with Gasteiger partial charge in [0.05, 0.1) is 0 Å². The van der Waals surface area contributed by atoms with Crippen LogP contribution in [0, 0.1) is 0 Å². The fourth-order valence-electron chi connectivity index (χ4n) is 1.20. The van der Waals surface area contributed by atoms with E-state index in [2.05, 4.69) is 32.8 Å². The molecule has 0 bridgehead atoms. The molecule has 6 heteroatoms. The summed E-state index contributed by atoms with van der Waals surface area (Å²) in [6.07, 6.45) is 2.42. The van der Waals surface area contributed by atoms with Gasteiger partial charge >= 0.3 is 0 Å². The van der Waals surface area contributed by atoms with Crippen molar-refractivity contribution in [2.24, 2.45) is 0 Å². The van der Waals surface area contributed by atoms with E-state index in [1.807, 2.05) is 0 Å². The summed E-state index contributed by atoms with van der Waals surface area (Å²) in [6.45, 7) is 12.2. The molecule has 0 aromatic rings. The number of hydrogen-bond acceptors (Lipinski definition) is 3. The summed E-state index contributed by atoms with van der Waals surface area (Å²) in [5.74, 6) is -0.797. The molecule has 0 heterocycles. The molecule has 0 rings (SSSR count). The van der Waals surface area contributed by atoms with Crippen LogP contribution < -0.4 is 0 Å². The van der Waals surface area contributed by atoms with Crippen LogP contribution in [0.5, 0.6) is 0 Å². The highest BCUT2D eigenvalue weighted by atomic mass is 28.3. The topological polar surface area (TPSA) is 27.7 Å². The van der Waals surface area contributed by atoms with Crippen molar-refractivity contribution in [1.82, 2.24) is 0 Å². The molecule has 0 aliphatic rings. The van der Waals surface area contributed by atoms with Crippen LogP contribution in [-0.4, -0.2) is 34.5 Å². The zero-order valence-corrected chi connectivity index (χ0v) is 14.2. The fourth-order valence-corrected chi connectivity index (χ4v) is 3.99. The van der Waals surface area contributed by atoms with E-state index in [1.165, 1.54) is 0 Å². The van der Waals surface area contributed by atoms with Crippen LogP contribution in [0.4, 0.5) is 0 Å². The molecule has 14 heavy (non-hydrogen) atoms. The van der Waals surface area contributed by atoms with Gasteiger partial charge in [0.15, 0.2) is 28.6 Å². The maximum Gasteiger partial charge on any atom is 0.256 e. The zero-order valence-electron chi connectivity index (χ0n) is 9.87. The molecule has 0 N–H and O–H groups in total. The van der Waals surface area contributed by atoms with E-state index in [1.54, 1.807) is 6.08 Å². The molecule has 0 fully saturated rings. The molecule has 0 spiro atoms. The Hall–Kier alpha value is 0.271. The highest BCUT2D eigenvalue weighted by Crippen LogP contribution is 2.21. The summed E-state index contributed by atoms with van der Waals surface area (Å²) in [7, 11) is -1.70. The molecule has 84 valence electrons. The Morgan fingerprint density at radius 3 is 1.86 bits per heavy atom. The Labute approximate surface area is 93.4 Å². The Morgan fingerprint density at radius 1 is 1.21 bits per heavy atom. The molecule has 0 aromatic heterocycles. The first-order valence-electron chi connectivity index (χ1n) is 4.97. The van der Waals surface area contributed by atoms with Crippen LogP contribution in [-0.2, 0) is 13.3 Å². The molecule has 0 aliphatic heterocycles. The smallest absolute Gasteiger partial charge is 0.256 e. The Bertz CT molecular complexity index is 163. The molecule has 0 radical (unpaired) electrons. The number of hydrogen-bond donors (Lipinski definition) is 0. The van der Waals surface area contributed by atoms with Crippen molar-refractivity contribution in [3.63, 3.8) is 0 Å². The maximum atomic E-state index is 5.83. The number of rotatable bonds is 7. The van der Waals surface area contributed by atoms with Gasteiger partial charge in [0.1, 0.15) is 0 Å².